The van der Waals surface area contributed by atoms with E-state index in [1.807, 2.05) is 0 Å². The Morgan fingerprint density at radius 1 is 1.62 bits per heavy atom. The van der Waals surface area contributed by atoms with Crippen LogP contribution in [0.1, 0.15) is 13.3 Å². The number of nitrogens with one attached hydrogen (secondary N) is 2. The van der Waals surface area contributed by atoms with Crippen molar-refractivity contribution in [1.29, 1.82) is 0 Å². The van der Waals surface area contributed by atoms with Crippen molar-refractivity contribution in [3.8, 4) is 5.88 Å². The van der Waals surface area contributed by atoms with Crippen LogP contribution in [0.2, 0.25) is 0 Å². The second kappa shape index (κ2) is 4.97. The molecular formula is C10H14BrN3O2. The average Bonchev–Trinajstić information content (AvgIpc) is 2.28. The van der Waals surface area contributed by atoms with Gasteiger partial charge in [-0.1, -0.05) is 6.92 Å². The van der Waals surface area contributed by atoms with E-state index in [-0.39, 0.29) is 11.7 Å². The molecule has 6 heteroatoms. The Morgan fingerprint density at radius 3 is 3.19 bits per heavy atom. The molecule has 2 heterocycles. The van der Waals surface area contributed by atoms with Crippen molar-refractivity contribution in [2.24, 2.45) is 5.92 Å². The van der Waals surface area contributed by atoms with E-state index in [0.29, 0.717) is 16.3 Å². The molecule has 16 heavy (non-hydrogen) atoms. The van der Waals surface area contributed by atoms with Crippen LogP contribution in [-0.2, 0) is 0 Å². The zero-order valence-corrected chi connectivity index (χ0v) is 10.6. The van der Waals surface area contributed by atoms with E-state index in [0.717, 1.165) is 19.5 Å². The van der Waals surface area contributed by atoms with Gasteiger partial charge in [0.05, 0.1) is 6.33 Å². The Labute approximate surface area is 102 Å². The van der Waals surface area contributed by atoms with E-state index in [9.17, 15) is 4.79 Å². The first kappa shape index (κ1) is 11.6. The maximum atomic E-state index is 11.3. The first-order valence-corrected chi connectivity index (χ1v) is 6.08. The molecule has 2 N–H and O–H groups in total. The van der Waals surface area contributed by atoms with E-state index in [1.165, 1.54) is 6.33 Å². The lowest BCUT2D eigenvalue weighted by atomic mass is 9.97. The summed E-state index contributed by atoms with van der Waals surface area (Å²) in [6.07, 6.45) is 2.49. The number of hydrogen-bond donors (Lipinski definition) is 2. The van der Waals surface area contributed by atoms with Crippen LogP contribution in [0.4, 0.5) is 0 Å². The molecule has 0 spiro atoms. The number of piperidine rings is 1. The molecule has 0 saturated carbocycles. The van der Waals surface area contributed by atoms with Gasteiger partial charge in [-0.25, -0.2) is 4.98 Å². The molecule has 0 bridgehead atoms. The molecule has 1 aliphatic heterocycles. The fourth-order valence-corrected chi connectivity index (χ4v) is 2.02. The minimum atomic E-state index is -0.221. The number of rotatable bonds is 2. The molecule has 5 nitrogen and oxygen atoms in total. The molecule has 2 rings (SSSR count). The van der Waals surface area contributed by atoms with Gasteiger partial charge in [-0.15, -0.1) is 0 Å². The van der Waals surface area contributed by atoms with Crippen molar-refractivity contribution in [1.82, 2.24) is 15.3 Å². The highest BCUT2D eigenvalue weighted by Gasteiger charge is 2.24. The zero-order chi connectivity index (χ0) is 11.5. The predicted octanol–water partition coefficient (Wildman–Crippen LogP) is 0.909. The molecule has 0 radical (unpaired) electrons. The summed E-state index contributed by atoms with van der Waals surface area (Å²) in [5.41, 5.74) is -0.221. The molecular weight excluding hydrogens is 274 g/mol. The van der Waals surface area contributed by atoms with E-state index in [1.54, 1.807) is 0 Å². The van der Waals surface area contributed by atoms with Crippen LogP contribution in [0.25, 0.3) is 0 Å². The number of H-pyrrole nitrogens is 1. The second-order valence-electron chi connectivity index (χ2n) is 3.98. The van der Waals surface area contributed by atoms with E-state index >= 15 is 0 Å². The monoisotopic (exact) mass is 287 g/mol. The molecule has 1 aliphatic rings. The molecule has 0 aromatic carbocycles. The first-order valence-electron chi connectivity index (χ1n) is 5.29. The standard InChI is InChI=1S/C10H14BrN3O2/c1-6-2-3-12-4-7(6)16-10-8(11)9(15)13-5-14-10/h5-7,12H,2-4H2,1H3,(H,13,14,15). The SMILES string of the molecule is CC1CCNCC1Oc1nc[nH]c(=O)c1Br. The molecule has 0 amide bonds. The molecule has 1 aromatic heterocycles. The van der Waals surface area contributed by atoms with Crippen LogP contribution in [0.3, 0.4) is 0 Å². The summed E-state index contributed by atoms with van der Waals surface area (Å²) in [5.74, 6) is 0.832. The third-order valence-electron chi connectivity index (χ3n) is 2.78. The van der Waals surface area contributed by atoms with Gasteiger partial charge in [0.1, 0.15) is 10.6 Å². The van der Waals surface area contributed by atoms with Gasteiger partial charge >= 0.3 is 0 Å². The second-order valence-corrected chi connectivity index (χ2v) is 4.77. The van der Waals surface area contributed by atoms with Crippen molar-refractivity contribution in [3.63, 3.8) is 0 Å². The molecule has 1 saturated heterocycles. The highest BCUT2D eigenvalue weighted by molar-refractivity contribution is 9.10. The third kappa shape index (κ3) is 2.44. The summed E-state index contributed by atoms with van der Waals surface area (Å²) < 4.78 is 6.09. The van der Waals surface area contributed by atoms with Crippen LogP contribution in [-0.4, -0.2) is 29.2 Å². The average molecular weight is 288 g/mol. The molecule has 1 fully saturated rings. The van der Waals surface area contributed by atoms with Crippen LogP contribution in [0.5, 0.6) is 5.88 Å². The smallest absolute Gasteiger partial charge is 0.268 e. The lowest BCUT2D eigenvalue weighted by Crippen LogP contribution is -2.43. The maximum Gasteiger partial charge on any atom is 0.268 e. The minimum Gasteiger partial charge on any atom is -0.472 e. The topological polar surface area (TPSA) is 67.0 Å². The van der Waals surface area contributed by atoms with Crippen LogP contribution < -0.4 is 15.6 Å². The van der Waals surface area contributed by atoms with Crippen LogP contribution in [0.15, 0.2) is 15.6 Å². The Morgan fingerprint density at radius 2 is 2.44 bits per heavy atom. The number of aromatic amines is 1. The summed E-state index contributed by atoms with van der Waals surface area (Å²) in [6.45, 7) is 3.96. The van der Waals surface area contributed by atoms with Gasteiger partial charge in [-0.05, 0) is 34.8 Å². The van der Waals surface area contributed by atoms with Crippen molar-refractivity contribution >= 4 is 15.9 Å². The quantitative estimate of drug-likeness (QED) is 0.849. The maximum absolute atomic E-state index is 11.3. The Balaban J connectivity index is 2.14. The van der Waals surface area contributed by atoms with Gasteiger partial charge in [-0.2, -0.15) is 0 Å². The van der Waals surface area contributed by atoms with Gasteiger partial charge in [-0.3, -0.25) is 4.79 Å². The number of halogens is 1. The van der Waals surface area contributed by atoms with Crippen LogP contribution in [0, 0.1) is 5.92 Å². The minimum absolute atomic E-state index is 0.0688. The summed E-state index contributed by atoms with van der Waals surface area (Å²) in [6, 6.07) is 0. The summed E-state index contributed by atoms with van der Waals surface area (Å²) >= 11 is 3.18. The molecule has 0 aliphatic carbocycles. The normalized spacial score (nSPS) is 25.4. The molecule has 1 aromatic rings. The number of ether oxygens (including phenoxy) is 1. The fraction of sp³-hybridized carbons (Fsp3) is 0.600. The van der Waals surface area contributed by atoms with Gasteiger partial charge in [0.2, 0.25) is 5.88 Å². The summed E-state index contributed by atoms with van der Waals surface area (Å²) in [5, 5.41) is 3.27. The molecule has 2 atom stereocenters. The Bertz CT molecular complexity index is 421. The van der Waals surface area contributed by atoms with Crippen molar-refractivity contribution < 1.29 is 4.74 Å². The Hall–Kier alpha value is -0.880. The van der Waals surface area contributed by atoms with Gasteiger partial charge < -0.3 is 15.0 Å². The lowest BCUT2D eigenvalue weighted by molar-refractivity contribution is 0.108. The number of aromatic nitrogens is 2. The van der Waals surface area contributed by atoms with E-state index < -0.39 is 0 Å². The first-order chi connectivity index (χ1) is 7.68. The highest BCUT2D eigenvalue weighted by Crippen LogP contribution is 2.22. The van der Waals surface area contributed by atoms with Crippen molar-refractivity contribution in [3.05, 3.63) is 21.2 Å². The third-order valence-corrected chi connectivity index (χ3v) is 3.48. The fourth-order valence-electron chi connectivity index (χ4n) is 1.71. The number of nitrogens with zero attached hydrogens (tertiary/aromatic N) is 1. The largest absolute Gasteiger partial charge is 0.472 e. The predicted molar refractivity (Wildman–Crippen MR) is 63.6 cm³/mol. The van der Waals surface area contributed by atoms with Gasteiger partial charge in [0.25, 0.3) is 5.56 Å². The lowest BCUT2D eigenvalue weighted by Gasteiger charge is -2.29. The van der Waals surface area contributed by atoms with Gasteiger partial charge in [0.15, 0.2) is 0 Å². The van der Waals surface area contributed by atoms with Crippen molar-refractivity contribution in [2.75, 3.05) is 13.1 Å². The summed E-state index contributed by atoms with van der Waals surface area (Å²) in [7, 11) is 0. The van der Waals surface area contributed by atoms with Crippen LogP contribution >= 0.6 is 15.9 Å². The van der Waals surface area contributed by atoms with E-state index in [4.69, 9.17) is 4.74 Å². The molecule has 2 unspecified atom stereocenters. The Kier molecular flexibility index (Phi) is 3.60. The van der Waals surface area contributed by atoms with Crippen molar-refractivity contribution in [2.45, 2.75) is 19.4 Å². The zero-order valence-electron chi connectivity index (χ0n) is 9.00. The summed E-state index contributed by atoms with van der Waals surface area (Å²) in [4.78, 5) is 17.8. The van der Waals surface area contributed by atoms with Gasteiger partial charge in [0, 0.05) is 6.54 Å². The highest BCUT2D eigenvalue weighted by atomic mass is 79.9. The molecule has 88 valence electrons. The van der Waals surface area contributed by atoms with E-state index in [2.05, 4.69) is 38.1 Å². The number of hydrogen-bond acceptors (Lipinski definition) is 4.